The van der Waals surface area contributed by atoms with Crippen LogP contribution < -0.4 is 5.32 Å². The second kappa shape index (κ2) is 9.75. The number of fused-ring (bicyclic) bond motifs is 1. The van der Waals surface area contributed by atoms with Gasteiger partial charge in [-0.05, 0) is 53.6 Å². The normalized spacial score (nSPS) is 11.0. The van der Waals surface area contributed by atoms with Gasteiger partial charge in [-0.2, -0.15) is 5.10 Å². The Hall–Kier alpha value is -3.84. The molecular weight excluding hydrogens is 430 g/mol. The Balaban J connectivity index is 1.14. The summed E-state index contributed by atoms with van der Waals surface area (Å²) in [5.41, 5.74) is 4.85. The van der Waals surface area contributed by atoms with Gasteiger partial charge in [-0.15, -0.1) is 11.8 Å². The van der Waals surface area contributed by atoms with Gasteiger partial charge in [0, 0.05) is 47.5 Å². The van der Waals surface area contributed by atoms with Gasteiger partial charge in [0.25, 0.3) is 5.91 Å². The van der Waals surface area contributed by atoms with E-state index in [9.17, 15) is 4.79 Å². The zero-order valence-electron chi connectivity index (χ0n) is 18.0. The van der Waals surface area contributed by atoms with E-state index < -0.39 is 0 Å². The van der Waals surface area contributed by atoms with E-state index in [1.807, 2.05) is 88.3 Å². The molecule has 0 radical (unpaired) electrons. The Morgan fingerprint density at radius 1 is 0.939 bits per heavy atom. The minimum absolute atomic E-state index is 0.0793. The molecule has 0 fully saturated rings. The maximum absolute atomic E-state index is 12.6. The smallest absolute Gasteiger partial charge is 0.251 e. The van der Waals surface area contributed by atoms with Crippen molar-refractivity contribution in [3.8, 4) is 0 Å². The van der Waals surface area contributed by atoms with E-state index in [0.717, 1.165) is 33.1 Å². The molecule has 5 rings (SSSR count). The SMILES string of the molecule is O=C(NCc1cccc(Cn2cccn2)c1)c1ccc(SCc2cn3ccccc3n2)cc1. The van der Waals surface area contributed by atoms with Crippen molar-refractivity contribution in [2.45, 2.75) is 23.7 Å². The number of hydrogen-bond donors (Lipinski definition) is 1. The van der Waals surface area contributed by atoms with E-state index in [2.05, 4.69) is 27.5 Å². The summed E-state index contributed by atoms with van der Waals surface area (Å²) in [6.07, 6.45) is 7.76. The predicted molar refractivity (Wildman–Crippen MR) is 130 cm³/mol. The van der Waals surface area contributed by atoms with Crippen LogP contribution in [-0.2, 0) is 18.8 Å². The molecule has 33 heavy (non-hydrogen) atoms. The fourth-order valence-corrected chi connectivity index (χ4v) is 4.40. The van der Waals surface area contributed by atoms with Crippen LogP contribution in [0.15, 0.2) is 102 Å². The van der Waals surface area contributed by atoms with Gasteiger partial charge in [0.15, 0.2) is 0 Å². The molecule has 1 N–H and O–H groups in total. The Labute approximate surface area is 196 Å². The lowest BCUT2D eigenvalue weighted by molar-refractivity contribution is 0.0951. The summed E-state index contributed by atoms with van der Waals surface area (Å²) in [7, 11) is 0. The number of rotatable bonds is 8. The summed E-state index contributed by atoms with van der Waals surface area (Å²) in [5, 5.41) is 7.26. The number of imidazole rings is 1. The standard InChI is InChI=1S/C26H23N5OS/c32-26(27-16-20-5-3-6-21(15-20)17-31-14-4-12-28-31)22-8-10-24(11-9-22)33-19-23-18-30-13-2-1-7-25(30)29-23/h1-15,18H,16-17,19H2,(H,27,32). The average Bonchev–Trinajstić information content (AvgIpc) is 3.51. The average molecular weight is 454 g/mol. The largest absolute Gasteiger partial charge is 0.348 e. The van der Waals surface area contributed by atoms with Gasteiger partial charge < -0.3 is 9.72 Å². The summed E-state index contributed by atoms with van der Waals surface area (Å²) in [5.74, 6) is 0.701. The predicted octanol–water partition coefficient (Wildman–Crippen LogP) is 4.80. The van der Waals surface area contributed by atoms with Gasteiger partial charge in [0.05, 0.1) is 12.2 Å². The van der Waals surface area contributed by atoms with Crippen molar-refractivity contribution in [3.05, 3.63) is 120 Å². The Kier molecular flexibility index (Phi) is 6.21. The molecule has 1 amide bonds. The molecule has 6 nitrogen and oxygen atoms in total. The van der Waals surface area contributed by atoms with Crippen molar-refractivity contribution >= 4 is 23.3 Å². The number of carbonyl (C=O) groups is 1. The molecule has 3 aromatic heterocycles. The maximum atomic E-state index is 12.6. The Morgan fingerprint density at radius 3 is 2.64 bits per heavy atom. The van der Waals surface area contributed by atoms with Crippen LogP contribution in [0, 0.1) is 0 Å². The van der Waals surface area contributed by atoms with Crippen molar-refractivity contribution in [2.75, 3.05) is 0 Å². The third-order valence-electron chi connectivity index (χ3n) is 5.27. The number of pyridine rings is 1. The number of aromatic nitrogens is 4. The van der Waals surface area contributed by atoms with E-state index in [1.165, 1.54) is 0 Å². The van der Waals surface area contributed by atoms with Gasteiger partial charge in [-0.3, -0.25) is 9.48 Å². The zero-order chi connectivity index (χ0) is 22.5. The molecule has 7 heteroatoms. The van der Waals surface area contributed by atoms with Crippen LogP contribution in [0.25, 0.3) is 5.65 Å². The van der Waals surface area contributed by atoms with Crippen LogP contribution >= 0.6 is 11.8 Å². The molecule has 0 aliphatic carbocycles. The highest BCUT2D eigenvalue weighted by atomic mass is 32.2. The summed E-state index contributed by atoms with van der Waals surface area (Å²) in [6, 6.07) is 23.8. The van der Waals surface area contributed by atoms with Crippen LogP contribution in [0.2, 0.25) is 0 Å². The van der Waals surface area contributed by atoms with Crippen LogP contribution in [-0.4, -0.2) is 25.1 Å². The molecule has 164 valence electrons. The summed E-state index contributed by atoms with van der Waals surface area (Å²) < 4.78 is 3.91. The lowest BCUT2D eigenvalue weighted by Gasteiger charge is -2.08. The van der Waals surface area contributed by atoms with Crippen LogP contribution in [0.5, 0.6) is 0 Å². The van der Waals surface area contributed by atoms with E-state index >= 15 is 0 Å². The lowest BCUT2D eigenvalue weighted by atomic mass is 10.1. The summed E-state index contributed by atoms with van der Waals surface area (Å²) in [6.45, 7) is 1.19. The molecule has 2 aromatic carbocycles. The lowest BCUT2D eigenvalue weighted by Crippen LogP contribution is -2.22. The number of thioether (sulfide) groups is 1. The van der Waals surface area contributed by atoms with E-state index in [4.69, 9.17) is 0 Å². The first-order valence-corrected chi connectivity index (χ1v) is 11.7. The Morgan fingerprint density at radius 2 is 1.82 bits per heavy atom. The van der Waals surface area contributed by atoms with Gasteiger partial charge in [-0.25, -0.2) is 4.98 Å². The van der Waals surface area contributed by atoms with Gasteiger partial charge in [0.2, 0.25) is 0 Å². The first-order valence-electron chi connectivity index (χ1n) is 10.7. The second-order valence-electron chi connectivity index (χ2n) is 7.72. The minimum Gasteiger partial charge on any atom is -0.348 e. The van der Waals surface area contributed by atoms with Crippen LogP contribution in [0.3, 0.4) is 0 Å². The van der Waals surface area contributed by atoms with Gasteiger partial charge in [-0.1, -0.05) is 30.3 Å². The molecule has 0 aliphatic rings. The number of hydrogen-bond acceptors (Lipinski definition) is 4. The topological polar surface area (TPSA) is 64.2 Å². The third-order valence-corrected chi connectivity index (χ3v) is 6.31. The van der Waals surface area contributed by atoms with E-state index in [1.54, 1.807) is 18.0 Å². The van der Waals surface area contributed by atoms with Gasteiger partial charge >= 0.3 is 0 Å². The molecule has 5 aromatic rings. The molecule has 0 spiro atoms. The zero-order valence-corrected chi connectivity index (χ0v) is 18.8. The Bertz CT molecular complexity index is 1330. The van der Waals surface area contributed by atoms with Crippen molar-refractivity contribution in [3.63, 3.8) is 0 Å². The monoisotopic (exact) mass is 453 g/mol. The number of nitrogens with zero attached hydrogens (tertiary/aromatic N) is 4. The minimum atomic E-state index is -0.0793. The number of carbonyl (C=O) groups excluding carboxylic acids is 1. The first-order chi connectivity index (χ1) is 16.2. The first kappa shape index (κ1) is 21.0. The molecule has 0 unspecified atom stereocenters. The van der Waals surface area contributed by atoms with Crippen molar-refractivity contribution in [1.82, 2.24) is 24.5 Å². The molecule has 0 bridgehead atoms. The third kappa shape index (κ3) is 5.32. The summed E-state index contributed by atoms with van der Waals surface area (Å²) >= 11 is 1.71. The molecule has 0 atom stereocenters. The van der Waals surface area contributed by atoms with Crippen LogP contribution in [0.1, 0.15) is 27.2 Å². The second-order valence-corrected chi connectivity index (χ2v) is 8.77. The highest BCUT2D eigenvalue weighted by molar-refractivity contribution is 7.98. The molecule has 0 saturated heterocycles. The van der Waals surface area contributed by atoms with E-state index in [-0.39, 0.29) is 5.91 Å². The van der Waals surface area contributed by atoms with Crippen molar-refractivity contribution < 1.29 is 4.79 Å². The van der Waals surface area contributed by atoms with Gasteiger partial charge in [0.1, 0.15) is 5.65 Å². The van der Waals surface area contributed by atoms with Crippen molar-refractivity contribution in [2.24, 2.45) is 0 Å². The molecular formula is C26H23N5OS. The molecule has 3 heterocycles. The molecule has 0 saturated carbocycles. The number of benzene rings is 2. The highest BCUT2D eigenvalue weighted by Crippen LogP contribution is 2.23. The van der Waals surface area contributed by atoms with Crippen LogP contribution in [0.4, 0.5) is 0 Å². The highest BCUT2D eigenvalue weighted by Gasteiger charge is 2.07. The number of amides is 1. The summed E-state index contributed by atoms with van der Waals surface area (Å²) in [4.78, 5) is 18.3. The maximum Gasteiger partial charge on any atom is 0.251 e. The van der Waals surface area contributed by atoms with Crippen molar-refractivity contribution in [1.29, 1.82) is 0 Å². The quantitative estimate of drug-likeness (QED) is 0.343. The fourth-order valence-electron chi connectivity index (χ4n) is 3.62. The van der Waals surface area contributed by atoms with E-state index in [0.29, 0.717) is 18.7 Å². The molecule has 0 aliphatic heterocycles. The number of nitrogens with one attached hydrogen (secondary N) is 1. The fraction of sp³-hybridized carbons (Fsp3) is 0.115.